The summed E-state index contributed by atoms with van der Waals surface area (Å²) in [6, 6.07) is 7.42. The molecule has 132 valence electrons. The van der Waals surface area contributed by atoms with E-state index < -0.39 is 6.29 Å². The van der Waals surface area contributed by atoms with Crippen LogP contribution in [0.3, 0.4) is 0 Å². The number of aromatic nitrogens is 4. The number of hydrogen-bond acceptors (Lipinski definition) is 7. The number of fused-ring (bicyclic) bond motifs is 1. The van der Waals surface area contributed by atoms with Gasteiger partial charge in [-0.25, -0.2) is 0 Å². The quantitative estimate of drug-likeness (QED) is 0.625. The van der Waals surface area contributed by atoms with E-state index in [1.807, 2.05) is 31.3 Å². The van der Waals surface area contributed by atoms with E-state index in [2.05, 4.69) is 25.7 Å². The van der Waals surface area contributed by atoms with Gasteiger partial charge in [0.15, 0.2) is 11.9 Å². The molecule has 1 aromatic carbocycles. The molecule has 0 bridgehead atoms. The summed E-state index contributed by atoms with van der Waals surface area (Å²) in [6.07, 6.45) is 1.33. The summed E-state index contributed by atoms with van der Waals surface area (Å²) in [5.74, 6) is 1.08. The number of nitrogens with zero attached hydrogens (tertiary/aromatic N) is 4. The molecular weight excluding hydrogens is 344 g/mol. The zero-order chi connectivity index (χ0) is 17.8. The van der Waals surface area contributed by atoms with E-state index in [0.29, 0.717) is 29.0 Å². The molecule has 3 rings (SSSR count). The molecular formula is C16H19ClN6O2. The van der Waals surface area contributed by atoms with Crippen molar-refractivity contribution < 1.29 is 9.47 Å². The number of anilines is 3. The van der Waals surface area contributed by atoms with Crippen molar-refractivity contribution in [1.29, 1.82) is 0 Å². The fourth-order valence-electron chi connectivity index (χ4n) is 2.34. The lowest BCUT2D eigenvalue weighted by Crippen LogP contribution is -2.24. The number of nitrogens with one attached hydrogen (secondary N) is 2. The number of benzene rings is 1. The van der Waals surface area contributed by atoms with Gasteiger partial charge in [-0.3, -0.25) is 4.68 Å². The molecule has 0 aliphatic rings. The minimum atomic E-state index is -0.393. The van der Waals surface area contributed by atoms with Gasteiger partial charge < -0.3 is 20.1 Å². The van der Waals surface area contributed by atoms with Crippen LogP contribution in [0.5, 0.6) is 0 Å². The molecule has 0 aliphatic heterocycles. The van der Waals surface area contributed by atoms with Gasteiger partial charge in [0, 0.05) is 32.0 Å². The van der Waals surface area contributed by atoms with Crippen LogP contribution in [-0.2, 0) is 16.5 Å². The van der Waals surface area contributed by atoms with Gasteiger partial charge in [0.05, 0.1) is 18.1 Å². The van der Waals surface area contributed by atoms with Crippen molar-refractivity contribution in [3.05, 3.63) is 35.5 Å². The normalized spacial score (nSPS) is 11.2. The van der Waals surface area contributed by atoms with Crippen LogP contribution in [0.2, 0.25) is 5.02 Å². The van der Waals surface area contributed by atoms with Crippen LogP contribution in [0.4, 0.5) is 17.5 Å². The largest absolute Gasteiger partial charge is 0.354 e. The average Bonchev–Trinajstić information content (AvgIpc) is 2.97. The number of methoxy groups -OCH3 is 2. The second-order valence-electron chi connectivity index (χ2n) is 5.32. The predicted octanol–water partition coefficient (Wildman–Crippen LogP) is 2.79. The number of halogens is 1. The number of rotatable bonds is 7. The lowest BCUT2D eigenvalue weighted by atomic mass is 10.3. The van der Waals surface area contributed by atoms with Gasteiger partial charge in [-0.1, -0.05) is 17.7 Å². The maximum atomic E-state index is 6.05. The molecule has 0 saturated carbocycles. The third-order valence-electron chi connectivity index (χ3n) is 3.63. The Balaban J connectivity index is 1.93. The molecule has 0 spiro atoms. The highest BCUT2D eigenvalue weighted by atomic mass is 35.5. The van der Waals surface area contributed by atoms with Crippen LogP contribution >= 0.6 is 11.6 Å². The Bertz CT molecular complexity index is 865. The number of ether oxygens (including phenoxy) is 2. The van der Waals surface area contributed by atoms with Gasteiger partial charge >= 0.3 is 0 Å². The van der Waals surface area contributed by atoms with Gasteiger partial charge in [0.25, 0.3) is 0 Å². The van der Waals surface area contributed by atoms with E-state index in [4.69, 9.17) is 21.1 Å². The van der Waals surface area contributed by atoms with E-state index in [1.165, 1.54) is 0 Å². The Morgan fingerprint density at radius 2 is 2.04 bits per heavy atom. The highest BCUT2D eigenvalue weighted by Crippen LogP contribution is 2.26. The van der Waals surface area contributed by atoms with Crippen LogP contribution in [0.25, 0.3) is 11.0 Å². The first kappa shape index (κ1) is 17.4. The fourth-order valence-corrected chi connectivity index (χ4v) is 2.53. The molecule has 25 heavy (non-hydrogen) atoms. The van der Waals surface area contributed by atoms with Crippen LogP contribution in [0.1, 0.15) is 0 Å². The van der Waals surface area contributed by atoms with Crippen LogP contribution in [0, 0.1) is 0 Å². The summed E-state index contributed by atoms with van der Waals surface area (Å²) in [5.41, 5.74) is 1.53. The maximum Gasteiger partial charge on any atom is 0.226 e. The van der Waals surface area contributed by atoms with Gasteiger partial charge in [0.2, 0.25) is 5.95 Å². The van der Waals surface area contributed by atoms with Crippen LogP contribution in [0.15, 0.2) is 30.5 Å². The minimum Gasteiger partial charge on any atom is -0.354 e. The standard InChI is InChI=1S/C16H19ClN6O2/c1-23-15-12(8-19-23)14(20-11-6-4-5-10(17)7-11)21-16(22-15)18-9-13(24-2)25-3/h4-8,13H,9H2,1-3H3,(H2,18,20,21,22). The first-order valence-corrected chi connectivity index (χ1v) is 8.00. The van der Waals surface area contributed by atoms with Gasteiger partial charge in [-0.2, -0.15) is 15.1 Å². The summed E-state index contributed by atoms with van der Waals surface area (Å²) >= 11 is 6.05. The summed E-state index contributed by atoms with van der Waals surface area (Å²) in [6.45, 7) is 0.410. The molecule has 0 fully saturated rings. The van der Waals surface area contributed by atoms with Crippen molar-refractivity contribution in [2.45, 2.75) is 6.29 Å². The molecule has 9 heteroatoms. The summed E-state index contributed by atoms with van der Waals surface area (Å²) < 4.78 is 12.0. The Morgan fingerprint density at radius 1 is 1.24 bits per heavy atom. The first-order chi connectivity index (χ1) is 12.1. The molecule has 0 radical (unpaired) electrons. The Kier molecular flexibility index (Phi) is 5.32. The smallest absolute Gasteiger partial charge is 0.226 e. The minimum absolute atomic E-state index is 0.393. The predicted molar refractivity (Wildman–Crippen MR) is 97.3 cm³/mol. The van der Waals surface area contributed by atoms with Crippen molar-refractivity contribution in [1.82, 2.24) is 19.7 Å². The third kappa shape index (κ3) is 3.98. The maximum absolute atomic E-state index is 6.05. The zero-order valence-electron chi connectivity index (χ0n) is 14.2. The molecule has 0 aliphatic carbocycles. The summed E-state index contributed by atoms with van der Waals surface area (Å²) in [7, 11) is 4.98. The van der Waals surface area contributed by atoms with Crippen LogP contribution < -0.4 is 10.6 Å². The topological polar surface area (TPSA) is 86.1 Å². The van der Waals surface area contributed by atoms with Crippen molar-refractivity contribution >= 4 is 40.1 Å². The van der Waals surface area contributed by atoms with Crippen LogP contribution in [-0.4, -0.2) is 46.8 Å². The monoisotopic (exact) mass is 362 g/mol. The third-order valence-corrected chi connectivity index (χ3v) is 3.87. The van der Waals surface area contributed by atoms with E-state index in [9.17, 15) is 0 Å². The molecule has 0 saturated heterocycles. The molecule has 0 atom stereocenters. The van der Waals surface area contributed by atoms with E-state index in [-0.39, 0.29) is 0 Å². The lowest BCUT2D eigenvalue weighted by molar-refractivity contribution is -0.0914. The highest BCUT2D eigenvalue weighted by Gasteiger charge is 2.13. The molecule has 0 unspecified atom stereocenters. The SMILES string of the molecule is COC(CNc1nc(Nc2cccc(Cl)c2)c2cnn(C)c2n1)OC. The summed E-state index contributed by atoms with van der Waals surface area (Å²) in [4.78, 5) is 9.04. The molecule has 0 amide bonds. The fraction of sp³-hybridized carbons (Fsp3) is 0.312. The number of hydrogen-bond donors (Lipinski definition) is 2. The van der Waals surface area contributed by atoms with Gasteiger partial charge in [0.1, 0.15) is 5.82 Å². The second kappa shape index (κ2) is 7.64. The van der Waals surface area contributed by atoms with Crippen molar-refractivity contribution in [2.24, 2.45) is 7.05 Å². The van der Waals surface area contributed by atoms with Crippen molar-refractivity contribution in [3.63, 3.8) is 0 Å². The van der Waals surface area contributed by atoms with E-state index in [1.54, 1.807) is 25.1 Å². The van der Waals surface area contributed by atoms with Gasteiger partial charge in [-0.15, -0.1) is 0 Å². The molecule has 2 N–H and O–H groups in total. The molecule has 3 aromatic rings. The van der Waals surface area contributed by atoms with E-state index >= 15 is 0 Å². The zero-order valence-corrected chi connectivity index (χ0v) is 14.9. The molecule has 2 heterocycles. The van der Waals surface area contributed by atoms with Crippen molar-refractivity contribution in [2.75, 3.05) is 31.4 Å². The highest BCUT2D eigenvalue weighted by molar-refractivity contribution is 6.30. The lowest BCUT2D eigenvalue weighted by Gasteiger charge is -2.15. The van der Waals surface area contributed by atoms with Crippen molar-refractivity contribution in [3.8, 4) is 0 Å². The van der Waals surface area contributed by atoms with E-state index in [0.717, 1.165) is 11.1 Å². The first-order valence-electron chi connectivity index (χ1n) is 7.62. The Hall–Kier alpha value is -2.42. The molecule has 2 aromatic heterocycles. The number of aryl methyl sites for hydroxylation is 1. The Labute approximate surface area is 150 Å². The average molecular weight is 363 g/mol. The second-order valence-corrected chi connectivity index (χ2v) is 5.75. The van der Waals surface area contributed by atoms with Gasteiger partial charge in [-0.05, 0) is 18.2 Å². The Morgan fingerprint density at radius 3 is 2.76 bits per heavy atom. The summed E-state index contributed by atoms with van der Waals surface area (Å²) in [5, 5.41) is 12.1. The molecule has 8 nitrogen and oxygen atoms in total.